The van der Waals surface area contributed by atoms with Gasteiger partial charge in [0.15, 0.2) is 0 Å². The molecule has 1 fully saturated rings. The van der Waals surface area contributed by atoms with Crippen LogP contribution in [0.2, 0.25) is 0 Å². The van der Waals surface area contributed by atoms with E-state index in [1.165, 1.54) is 5.56 Å². The van der Waals surface area contributed by atoms with Crippen LogP contribution in [-0.4, -0.2) is 24.0 Å². The van der Waals surface area contributed by atoms with Crippen molar-refractivity contribution in [3.63, 3.8) is 0 Å². The number of hydrogen-bond acceptors (Lipinski definition) is 2. The Morgan fingerprint density at radius 1 is 1.12 bits per heavy atom. The van der Waals surface area contributed by atoms with Crippen LogP contribution in [0.25, 0.3) is 0 Å². The van der Waals surface area contributed by atoms with E-state index in [1.54, 1.807) is 0 Å². The predicted octanol–water partition coefficient (Wildman–Crippen LogP) is 3.27. The van der Waals surface area contributed by atoms with Gasteiger partial charge in [-0.15, -0.1) is 0 Å². The van der Waals surface area contributed by atoms with E-state index in [0.29, 0.717) is 6.04 Å². The van der Waals surface area contributed by atoms with Crippen LogP contribution < -0.4 is 5.73 Å². The molecule has 1 atom stereocenters. The van der Waals surface area contributed by atoms with Gasteiger partial charge < -0.3 is 5.73 Å². The first-order chi connectivity index (χ1) is 8.34. The summed E-state index contributed by atoms with van der Waals surface area (Å²) in [6.45, 7) is 11.2. The molecule has 1 aromatic rings. The molecule has 0 aromatic heterocycles. The lowest BCUT2D eigenvalue weighted by atomic mass is 10.2. The predicted molar refractivity (Wildman–Crippen MR) is 77.0 cm³/mol. The van der Waals surface area contributed by atoms with Crippen LogP contribution in [0.5, 0.6) is 0 Å². The number of hydrogen-bond donors (Lipinski definition) is 1. The maximum absolute atomic E-state index is 5.84. The summed E-state index contributed by atoms with van der Waals surface area (Å²) in [6.07, 6.45) is 1.15. The maximum atomic E-state index is 5.84. The lowest BCUT2D eigenvalue weighted by Crippen LogP contribution is -2.26. The molecule has 1 saturated heterocycles. The normalized spacial score (nSPS) is 18.8. The number of likely N-dealkylation sites (tertiary alicyclic amines) is 1. The fourth-order valence-electron chi connectivity index (χ4n) is 1.85. The van der Waals surface area contributed by atoms with Crippen LogP contribution in [0.1, 0.15) is 39.7 Å². The first kappa shape index (κ1) is 16.1. The molecule has 1 aromatic carbocycles. The van der Waals surface area contributed by atoms with E-state index < -0.39 is 0 Å². The van der Waals surface area contributed by atoms with E-state index in [-0.39, 0.29) is 0 Å². The molecule has 0 saturated carbocycles. The standard InChI is InChI=1S/C11H16N2.2C2H6/c12-11-6-7-13(9-11)8-10-4-2-1-3-5-10;2*1-2/h1-5,11H,6-9,12H2;2*1-2H3. The summed E-state index contributed by atoms with van der Waals surface area (Å²) < 4.78 is 0. The van der Waals surface area contributed by atoms with Crippen molar-refractivity contribution in [2.45, 2.75) is 46.7 Å². The van der Waals surface area contributed by atoms with Gasteiger partial charge in [-0.3, -0.25) is 4.90 Å². The zero-order valence-corrected chi connectivity index (χ0v) is 11.8. The van der Waals surface area contributed by atoms with Gasteiger partial charge in [0, 0.05) is 25.7 Å². The summed E-state index contributed by atoms with van der Waals surface area (Å²) in [5.74, 6) is 0. The van der Waals surface area contributed by atoms with E-state index in [4.69, 9.17) is 5.73 Å². The minimum absolute atomic E-state index is 0.392. The molecule has 0 bridgehead atoms. The molecule has 0 amide bonds. The summed E-state index contributed by atoms with van der Waals surface area (Å²) >= 11 is 0. The van der Waals surface area contributed by atoms with E-state index in [0.717, 1.165) is 26.1 Å². The number of rotatable bonds is 2. The highest BCUT2D eigenvalue weighted by atomic mass is 15.2. The van der Waals surface area contributed by atoms with Gasteiger partial charge >= 0.3 is 0 Å². The topological polar surface area (TPSA) is 29.3 Å². The third kappa shape index (κ3) is 6.44. The molecule has 1 aliphatic rings. The van der Waals surface area contributed by atoms with Gasteiger partial charge in [-0.25, -0.2) is 0 Å². The summed E-state index contributed by atoms with van der Waals surface area (Å²) in [4.78, 5) is 2.42. The van der Waals surface area contributed by atoms with Gasteiger partial charge in [0.1, 0.15) is 0 Å². The SMILES string of the molecule is CC.CC.NC1CCN(Cc2ccccc2)C1. The molecule has 0 spiro atoms. The highest BCUT2D eigenvalue weighted by molar-refractivity contribution is 5.14. The Hall–Kier alpha value is -0.860. The third-order valence-electron chi connectivity index (χ3n) is 2.56. The molecule has 0 aliphatic carbocycles. The van der Waals surface area contributed by atoms with E-state index in [2.05, 4.69) is 35.2 Å². The van der Waals surface area contributed by atoms with Crippen molar-refractivity contribution >= 4 is 0 Å². The second-order valence-electron chi connectivity index (χ2n) is 3.77. The highest BCUT2D eigenvalue weighted by Crippen LogP contribution is 2.11. The van der Waals surface area contributed by atoms with Crippen molar-refractivity contribution in [3.05, 3.63) is 35.9 Å². The molecule has 2 nitrogen and oxygen atoms in total. The quantitative estimate of drug-likeness (QED) is 0.854. The number of nitrogens with zero attached hydrogens (tertiary/aromatic N) is 1. The van der Waals surface area contributed by atoms with Gasteiger partial charge in [0.25, 0.3) is 0 Å². The van der Waals surface area contributed by atoms with Gasteiger partial charge in [-0.2, -0.15) is 0 Å². The van der Waals surface area contributed by atoms with Crippen LogP contribution in [0, 0.1) is 0 Å². The molecule has 1 aliphatic heterocycles. The molecule has 1 heterocycles. The lowest BCUT2D eigenvalue weighted by molar-refractivity contribution is 0.327. The highest BCUT2D eigenvalue weighted by Gasteiger charge is 2.18. The number of benzene rings is 1. The zero-order chi connectivity index (χ0) is 13.1. The average molecular weight is 236 g/mol. The van der Waals surface area contributed by atoms with Crippen molar-refractivity contribution < 1.29 is 0 Å². The molecule has 2 N–H and O–H groups in total. The fraction of sp³-hybridized carbons (Fsp3) is 0.600. The van der Waals surface area contributed by atoms with E-state index >= 15 is 0 Å². The Morgan fingerprint density at radius 2 is 1.71 bits per heavy atom. The molecule has 98 valence electrons. The Kier molecular flexibility index (Phi) is 9.78. The van der Waals surface area contributed by atoms with Crippen LogP contribution >= 0.6 is 0 Å². The van der Waals surface area contributed by atoms with Crippen molar-refractivity contribution in [1.82, 2.24) is 4.90 Å². The Morgan fingerprint density at radius 3 is 2.18 bits per heavy atom. The summed E-state index contributed by atoms with van der Waals surface area (Å²) in [7, 11) is 0. The summed E-state index contributed by atoms with van der Waals surface area (Å²) in [5.41, 5.74) is 7.22. The Bertz CT molecular complexity index is 259. The van der Waals surface area contributed by atoms with Crippen LogP contribution in [-0.2, 0) is 6.54 Å². The second kappa shape index (κ2) is 10.3. The molecule has 2 rings (SSSR count). The summed E-state index contributed by atoms with van der Waals surface area (Å²) in [6, 6.07) is 11.0. The molecule has 0 radical (unpaired) electrons. The molecular formula is C15H28N2. The minimum Gasteiger partial charge on any atom is -0.326 e. The lowest BCUT2D eigenvalue weighted by Gasteiger charge is -2.14. The molecule has 1 unspecified atom stereocenters. The maximum Gasteiger partial charge on any atom is 0.0234 e. The number of nitrogens with two attached hydrogens (primary N) is 1. The largest absolute Gasteiger partial charge is 0.326 e. The van der Waals surface area contributed by atoms with Crippen molar-refractivity contribution in [2.75, 3.05) is 13.1 Å². The molecular weight excluding hydrogens is 208 g/mol. The molecule has 2 heteroatoms. The van der Waals surface area contributed by atoms with Crippen molar-refractivity contribution in [2.24, 2.45) is 5.73 Å². The van der Waals surface area contributed by atoms with Gasteiger partial charge in [-0.05, 0) is 12.0 Å². The van der Waals surface area contributed by atoms with Crippen LogP contribution in [0.4, 0.5) is 0 Å². The smallest absolute Gasteiger partial charge is 0.0234 e. The first-order valence-corrected chi connectivity index (χ1v) is 6.86. The minimum atomic E-state index is 0.392. The fourth-order valence-corrected chi connectivity index (χ4v) is 1.85. The Labute approximate surface area is 107 Å². The van der Waals surface area contributed by atoms with Crippen molar-refractivity contribution in [1.29, 1.82) is 0 Å². The van der Waals surface area contributed by atoms with E-state index in [9.17, 15) is 0 Å². The zero-order valence-electron chi connectivity index (χ0n) is 11.8. The average Bonchev–Trinajstić information content (AvgIpc) is 2.81. The van der Waals surface area contributed by atoms with Crippen LogP contribution in [0.15, 0.2) is 30.3 Å². The van der Waals surface area contributed by atoms with Gasteiger partial charge in [0.2, 0.25) is 0 Å². The first-order valence-electron chi connectivity index (χ1n) is 6.86. The van der Waals surface area contributed by atoms with Crippen LogP contribution in [0.3, 0.4) is 0 Å². The van der Waals surface area contributed by atoms with Crippen molar-refractivity contribution in [3.8, 4) is 0 Å². The monoisotopic (exact) mass is 236 g/mol. The molecule has 17 heavy (non-hydrogen) atoms. The van der Waals surface area contributed by atoms with Gasteiger partial charge in [-0.1, -0.05) is 58.0 Å². The second-order valence-corrected chi connectivity index (χ2v) is 3.77. The van der Waals surface area contributed by atoms with E-state index in [1.807, 2.05) is 27.7 Å². The van der Waals surface area contributed by atoms with Gasteiger partial charge in [0.05, 0.1) is 0 Å². The summed E-state index contributed by atoms with van der Waals surface area (Å²) in [5, 5.41) is 0. The third-order valence-corrected chi connectivity index (χ3v) is 2.56. The Balaban J connectivity index is 0.000000581.